The maximum Gasteiger partial charge on any atom is 0.410 e. The molecule has 5 atom stereocenters. The molecule has 1 aliphatic carbocycles. The lowest BCUT2D eigenvalue weighted by Crippen LogP contribution is -2.59. The third kappa shape index (κ3) is 9.47. The van der Waals surface area contributed by atoms with Gasteiger partial charge >= 0.3 is 18.2 Å². The Morgan fingerprint density at radius 3 is 2.54 bits per heavy atom. The highest BCUT2D eigenvalue weighted by atomic mass is 16.6. The fourth-order valence-electron chi connectivity index (χ4n) is 8.64. The van der Waals surface area contributed by atoms with Crippen LogP contribution in [0.25, 0.3) is 22.2 Å². The molecule has 1 aromatic heterocycles. The number of pyridine rings is 1. The van der Waals surface area contributed by atoms with Gasteiger partial charge in [-0.15, -0.1) is 6.58 Å². The van der Waals surface area contributed by atoms with Crippen molar-refractivity contribution in [1.29, 1.82) is 0 Å². The third-order valence-corrected chi connectivity index (χ3v) is 11.9. The Balaban J connectivity index is 1.23. The van der Waals surface area contributed by atoms with Gasteiger partial charge in [0.25, 0.3) is 0 Å². The van der Waals surface area contributed by atoms with Crippen LogP contribution in [0, 0.1) is 11.8 Å². The van der Waals surface area contributed by atoms with E-state index in [9.17, 15) is 29.1 Å². The van der Waals surface area contributed by atoms with Crippen molar-refractivity contribution in [1.82, 2.24) is 25.4 Å². The third-order valence-electron chi connectivity index (χ3n) is 11.9. The fourth-order valence-corrected chi connectivity index (χ4v) is 8.64. The second-order valence-electron chi connectivity index (χ2n) is 17.3. The van der Waals surface area contributed by atoms with Gasteiger partial charge in [-0.3, -0.25) is 9.59 Å². The highest BCUT2D eigenvalue weighted by Gasteiger charge is 2.62. The molecule has 4 bridgehead atoms. The van der Waals surface area contributed by atoms with Crippen molar-refractivity contribution in [3.8, 4) is 17.0 Å². The second-order valence-corrected chi connectivity index (χ2v) is 17.3. The highest BCUT2D eigenvalue weighted by molar-refractivity contribution is 5.96. The number of piperidine rings is 1. The summed E-state index contributed by atoms with van der Waals surface area (Å²) >= 11 is 0. The average Bonchev–Trinajstić information content (AvgIpc) is 3.73. The van der Waals surface area contributed by atoms with Crippen molar-refractivity contribution in [2.45, 2.75) is 108 Å². The summed E-state index contributed by atoms with van der Waals surface area (Å²) in [5.74, 6) is -2.47. The van der Waals surface area contributed by atoms with Crippen LogP contribution < -0.4 is 15.4 Å². The summed E-state index contributed by atoms with van der Waals surface area (Å²) in [6.07, 6.45) is 4.29. The number of fused-ring (bicyclic) bond motifs is 3. The highest BCUT2D eigenvalue weighted by Crippen LogP contribution is 2.47. The summed E-state index contributed by atoms with van der Waals surface area (Å²) in [5.41, 5.74) is 1.26. The number of alkyl carbamates (subject to hydrolysis) is 1. The maximum absolute atomic E-state index is 15.0. The molecular weight excluding hydrogens is 755 g/mol. The van der Waals surface area contributed by atoms with Gasteiger partial charge < -0.3 is 39.8 Å². The van der Waals surface area contributed by atoms with E-state index >= 15 is 0 Å². The van der Waals surface area contributed by atoms with Crippen LogP contribution in [-0.2, 0) is 30.3 Å². The zero-order chi connectivity index (χ0) is 41.9. The molecule has 3 N–H and O–H groups in total. The van der Waals surface area contributed by atoms with Gasteiger partial charge in [-0.2, -0.15) is 0 Å². The molecule has 0 radical (unpaired) electrons. The quantitative estimate of drug-likeness (QED) is 0.231. The number of likely N-dealkylation sites (tertiary alicyclic amines) is 1. The molecule has 314 valence electrons. The van der Waals surface area contributed by atoms with Crippen LogP contribution in [0.5, 0.6) is 5.75 Å². The van der Waals surface area contributed by atoms with Gasteiger partial charge in [-0.05, 0) is 102 Å². The van der Waals surface area contributed by atoms with Gasteiger partial charge in [0.15, 0.2) is 0 Å². The standard InChI is InChI=1S/C45H55N5O9/c1-5-12-31-26-45(31,41(53)54)48-39(51)36-24-32-27-50(36)40(52)38(30-18-20-49(21-19-30)43(56)59-44(2,3)4)47-42(55)57-22-11-7-8-13-28-16-17-34-33(23-28)37(58-32)25-35(46-34)29-14-9-6-10-15-29/h5-6,9-10,14-17,23,25,30-32,36,38H,1,7-8,11-13,18-22,24,26-27H2,2-4H3,(H,47,55)(H,48,51)(H,53,54)/t31-,32+,36-,38?,45+/m0/s1. The van der Waals surface area contributed by atoms with E-state index in [1.165, 1.54) is 4.90 Å². The summed E-state index contributed by atoms with van der Waals surface area (Å²) in [5, 5.41) is 16.7. The number of aryl methyl sites for hydroxylation is 1. The lowest BCUT2D eigenvalue weighted by atomic mass is 9.88. The lowest BCUT2D eigenvalue weighted by Gasteiger charge is -2.38. The summed E-state index contributed by atoms with van der Waals surface area (Å²) in [4.78, 5) is 76.3. The Labute approximate surface area is 344 Å². The van der Waals surface area contributed by atoms with Crippen LogP contribution in [0.3, 0.4) is 0 Å². The van der Waals surface area contributed by atoms with Crippen LogP contribution in [-0.4, -0.2) is 105 Å². The Morgan fingerprint density at radius 1 is 1.07 bits per heavy atom. The molecule has 14 nitrogen and oxygen atoms in total. The number of cyclic esters (lactones) is 1. The molecule has 1 saturated carbocycles. The van der Waals surface area contributed by atoms with E-state index in [4.69, 9.17) is 19.2 Å². The summed E-state index contributed by atoms with van der Waals surface area (Å²) in [6, 6.07) is 15.5. The molecule has 4 heterocycles. The first-order valence-electron chi connectivity index (χ1n) is 20.8. The monoisotopic (exact) mass is 809 g/mol. The zero-order valence-corrected chi connectivity index (χ0v) is 34.1. The minimum atomic E-state index is -1.48. The van der Waals surface area contributed by atoms with E-state index in [-0.39, 0.29) is 31.9 Å². The summed E-state index contributed by atoms with van der Waals surface area (Å²) in [6.45, 7) is 9.88. The van der Waals surface area contributed by atoms with Crippen molar-refractivity contribution in [3.63, 3.8) is 0 Å². The first kappa shape index (κ1) is 41.5. The average molecular weight is 810 g/mol. The predicted molar refractivity (Wildman–Crippen MR) is 220 cm³/mol. The minimum absolute atomic E-state index is 0.0127. The Hall–Kier alpha value is -5.66. The van der Waals surface area contributed by atoms with Gasteiger partial charge in [0.05, 0.1) is 24.4 Å². The number of carboxylic acid groups (broad SMARTS) is 1. The van der Waals surface area contributed by atoms with Gasteiger partial charge in [-0.25, -0.2) is 19.4 Å². The molecule has 14 heteroatoms. The molecule has 3 aliphatic heterocycles. The minimum Gasteiger partial charge on any atom is -0.488 e. The Kier molecular flexibility index (Phi) is 12.2. The first-order valence-corrected chi connectivity index (χ1v) is 20.8. The summed E-state index contributed by atoms with van der Waals surface area (Å²) in [7, 11) is 0. The number of carbonyl (C=O) groups excluding carboxylic acids is 4. The SMILES string of the molecule is C=CC[C@H]1C[C@]1(NC(=O)[C@@H]1C[C@@H]2CN1C(=O)C(C1CCN(C(=O)OC(C)(C)C)CC1)NC(=O)OCCCCCc1ccc3nc(-c4ccccc4)cc(c3c1)O2)C(=O)O. The number of benzene rings is 2. The zero-order valence-electron chi connectivity index (χ0n) is 34.1. The van der Waals surface area contributed by atoms with Gasteiger partial charge in [-0.1, -0.05) is 42.5 Å². The van der Waals surface area contributed by atoms with Crippen molar-refractivity contribution in [3.05, 3.63) is 72.8 Å². The Bertz CT molecular complexity index is 2080. The summed E-state index contributed by atoms with van der Waals surface area (Å²) < 4.78 is 18.0. The number of nitrogens with one attached hydrogen (secondary N) is 2. The molecular formula is C45H55N5O9. The molecule has 4 aliphatic rings. The molecule has 4 amide bonds. The van der Waals surface area contributed by atoms with Crippen LogP contribution in [0.2, 0.25) is 0 Å². The lowest BCUT2D eigenvalue weighted by molar-refractivity contribution is -0.146. The van der Waals surface area contributed by atoms with E-state index in [1.807, 2.05) is 42.5 Å². The number of aromatic nitrogens is 1. The van der Waals surface area contributed by atoms with Gasteiger partial charge in [0.1, 0.15) is 35.1 Å². The number of carboxylic acids is 1. The molecule has 7 rings (SSSR count). The number of nitrogens with zero attached hydrogens (tertiary/aromatic N) is 3. The van der Waals surface area contributed by atoms with Crippen LogP contribution in [0.1, 0.15) is 77.7 Å². The smallest absolute Gasteiger partial charge is 0.410 e. The van der Waals surface area contributed by atoms with E-state index in [0.717, 1.165) is 41.3 Å². The molecule has 0 spiro atoms. The first-order chi connectivity index (χ1) is 28.2. The molecule has 2 aromatic carbocycles. The molecule has 59 heavy (non-hydrogen) atoms. The predicted octanol–water partition coefficient (Wildman–Crippen LogP) is 6.25. The topological polar surface area (TPSA) is 177 Å². The van der Waals surface area contributed by atoms with Gasteiger partial charge in [0, 0.05) is 36.5 Å². The van der Waals surface area contributed by atoms with Crippen LogP contribution >= 0.6 is 0 Å². The van der Waals surface area contributed by atoms with E-state index < -0.39 is 65.2 Å². The molecule has 3 aromatic rings. The maximum atomic E-state index is 15.0. The fraction of sp³-hybridized carbons (Fsp3) is 0.511. The number of hydrogen-bond donors (Lipinski definition) is 3. The molecule has 3 fully saturated rings. The molecule has 2 saturated heterocycles. The largest absolute Gasteiger partial charge is 0.488 e. The molecule has 1 unspecified atom stereocenters. The number of aliphatic carboxylic acids is 1. The van der Waals surface area contributed by atoms with Crippen molar-refractivity contribution in [2.24, 2.45) is 11.8 Å². The van der Waals surface area contributed by atoms with Crippen LogP contribution in [0.4, 0.5) is 9.59 Å². The van der Waals surface area contributed by atoms with Crippen LogP contribution in [0.15, 0.2) is 67.3 Å². The number of allylic oxidation sites excluding steroid dienone is 1. The second kappa shape index (κ2) is 17.3. The number of carbonyl (C=O) groups is 5. The number of hydrogen-bond acceptors (Lipinski definition) is 9. The van der Waals surface area contributed by atoms with Crippen molar-refractivity contribution >= 4 is 40.9 Å². The van der Waals surface area contributed by atoms with Gasteiger partial charge in [0.2, 0.25) is 11.8 Å². The van der Waals surface area contributed by atoms with Crippen molar-refractivity contribution < 1.29 is 43.3 Å². The Morgan fingerprint density at radius 2 is 1.83 bits per heavy atom. The number of ether oxygens (including phenoxy) is 3. The number of amides is 4. The normalized spacial score (nSPS) is 25.5. The number of rotatable bonds is 7. The van der Waals surface area contributed by atoms with E-state index in [1.54, 1.807) is 31.7 Å². The van der Waals surface area contributed by atoms with E-state index in [0.29, 0.717) is 50.2 Å². The van der Waals surface area contributed by atoms with E-state index in [2.05, 4.69) is 29.3 Å². The van der Waals surface area contributed by atoms with Crippen molar-refractivity contribution in [2.75, 3.05) is 26.2 Å².